The minimum Gasteiger partial charge on any atom is -0.480 e. The van der Waals surface area contributed by atoms with E-state index in [1.54, 1.807) is 12.1 Å². The number of anilines is 1. The quantitative estimate of drug-likeness (QED) is 0.763. The lowest BCUT2D eigenvalue weighted by Gasteiger charge is -2.21. The first-order valence-corrected chi connectivity index (χ1v) is 5.42. The van der Waals surface area contributed by atoms with Crippen LogP contribution in [0.25, 0.3) is 0 Å². The Morgan fingerprint density at radius 3 is 2.41 bits per heavy atom. The van der Waals surface area contributed by atoms with Crippen molar-refractivity contribution >= 4 is 17.6 Å². The second-order valence-electron chi connectivity index (χ2n) is 3.54. The average molecular weight is 236 g/mol. The summed E-state index contributed by atoms with van der Waals surface area (Å²) in [6.07, 6.45) is 0. The number of aliphatic carboxylic acids is 1. The highest BCUT2D eigenvalue weighted by Gasteiger charge is 2.13. The van der Waals surface area contributed by atoms with Gasteiger partial charge >= 0.3 is 5.97 Å². The van der Waals surface area contributed by atoms with Crippen LogP contribution in [0.2, 0.25) is 0 Å². The fraction of sp³-hybridized carbons (Fsp3) is 0.333. The van der Waals surface area contributed by atoms with Crippen molar-refractivity contribution in [1.82, 2.24) is 5.32 Å². The first kappa shape index (κ1) is 13.0. The van der Waals surface area contributed by atoms with Crippen LogP contribution in [0.4, 0.5) is 5.69 Å². The molecule has 0 saturated heterocycles. The number of likely N-dealkylation sites (N-methyl/N-ethyl adjacent to an activating group) is 1. The van der Waals surface area contributed by atoms with Crippen molar-refractivity contribution in [3.05, 3.63) is 30.3 Å². The van der Waals surface area contributed by atoms with E-state index in [4.69, 9.17) is 5.11 Å². The Balaban J connectivity index is 2.74. The predicted octanol–water partition coefficient (Wildman–Crippen LogP) is 0.714. The largest absolute Gasteiger partial charge is 0.480 e. The topological polar surface area (TPSA) is 69.6 Å². The van der Waals surface area contributed by atoms with Crippen LogP contribution in [0.15, 0.2) is 30.3 Å². The van der Waals surface area contributed by atoms with Crippen LogP contribution in [0.1, 0.15) is 6.92 Å². The van der Waals surface area contributed by atoms with Crippen LogP contribution in [-0.2, 0) is 9.59 Å². The molecule has 0 aliphatic heterocycles. The van der Waals surface area contributed by atoms with Crippen LogP contribution >= 0.6 is 0 Å². The summed E-state index contributed by atoms with van der Waals surface area (Å²) in [7, 11) is 0. The van der Waals surface area contributed by atoms with E-state index in [1.807, 2.05) is 25.1 Å². The van der Waals surface area contributed by atoms with E-state index in [0.29, 0.717) is 6.54 Å². The molecule has 1 aromatic rings. The molecule has 0 aliphatic rings. The van der Waals surface area contributed by atoms with Gasteiger partial charge in [0.2, 0.25) is 5.91 Å². The van der Waals surface area contributed by atoms with Gasteiger partial charge in [-0.25, -0.2) is 0 Å². The van der Waals surface area contributed by atoms with Crippen molar-refractivity contribution in [3.8, 4) is 0 Å². The Morgan fingerprint density at radius 2 is 1.88 bits per heavy atom. The van der Waals surface area contributed by atoms with Crippen LogP contribution in [0.5, 0.6) is 0 Å². The lowest BCUT2D eigenvalue weighted by molar-refractivity contribution is -0.135. The number of amides is 1. The Labute approximate surface area is 100 Å². The molecule has 0 bridgehead atoms. The van der Waals surface area contributed by atoms with Crippen molar-refractivity contribution in [2.75, 3.05) is 24.5 Å². The number of benzene rings is 1. The van der Waals surface area contributed by atoms with E-state index in [1.165, 1.54) is 4.90 Å². The normalized spacial score (nSPS) is 9.71. The summed E-state index contributed by atoms with van der Waals surface area (Å²) < 4.78 is 0. The van der Waals surface area contributed by atoms with Gasteiger partial charge in [-0.3, -0.25) is 9.59 Å². The van der Waals surface area contributed by atoms with Crippen LogP contribution in [0, 0.1) is 0 Å². The maximum atomic E-state index is 11.5. The lowest BCUT2D eigenvalue weighted by atomic mass is 10.3. The van der Waals surface area contributed by atoms with Crippen LogP contribution in [0.3, 0.4) is 0 Å². The van der Waals surface area contributed by atoms with Crippen LogP contribution < -0.4 is 10.2 Å². The fourth-order valence-corrected chi connectivity index (χ4v) is 1.47. The van der Waals surface area contributed by atoms with Gasteiger partial charge in [-0.1, -0.05) is 18.2 Å². The van der Waals surface area contributed by atoms with E-state index in [2.05, 4.69) is 5.32 Å². The van der Waals surface area contributed by atoms with E-state index in [-0.39, 0.29) is 19.0 Å². The van der Waals surface area contributed by atoms with Gasteiger partial charge in [0.05, 0.1) is 6.54 Å². The fourth-order valence-electron chi connectivity index (χ4n) is 1.47. The minimum absolute atomic E-state index is 0.0458. The Morgan fingerprint density at radius 1 is 1.24 bits per heavy atom. The maximum Gasteiger partial charge on any atom is 0.323 e. The molecule has 2 N–H and O–H groups in total. The third kappa shape index (κ3) is 4.55. The number of carbonyl (C=O) groups is 2. The number of nitrogens with zero attached hydrogens (tertiary/aromatic N) is 1. The molecule has 5 heteroatoms. The second-order valence-corrected chi connectivity index (χ2v) is 3.54. The second kappa shape index (κ2) is 6.52. The van der Waals surface area contributed by atoms with Gasteiger partial charge in [-0.05, 0) is 19.1 Å². The van der Waals surface area contributed by atoms with E-state index in [9.17, 15) is 9.59 Å². The van der Waals surface area contributed by atoms with Crippen LogP contribution in [-0.4, -0.2) is 36.6 Å². The van der Waals surface area contributed by atoms with E-state index < -0.39 is 5.97 Å². The number of hydrogen-bond acceptors (Lipinski definition) is 3. The molecule has 0 unspecified atom stereocenters. The Kier molecular flexibility index (Phi) is 5.00. The van der Waals surface area contributed by atoms with E-state index >= 15 is 0 Å². The summed E-state index contributed by atoms with van der Waals surface area (Å²) in [6.45, 7) is 2.21. The molecule has 92 valence electrons. The van der Waals surface area contributed by atoms with Gasteiger partial charge in [0.25, 0.3) is 0 Å². The molecule has 1 aromatic carbocycles. The van der Waals surface area contributed by atoms with Gasteiger partial charge in [0.15, 0.2) is 0 Å². The van der Waals surface area contributed by atoms with Gasteiger partial charge in [-0.15, -0.1) is 0 Å². The first-order valence-electron chi connectivity index (χ1n) is 5.42. The number of para-hydroxylation sites is 1. The molecule has 0 fully saturated rings. The summed E-state index contributed by atoms with van der Waals surface area (Å²) in [6, 6.07) is 9.02. The molecule has 0 atom stereocenters. The summed E-state index contributed by atoms with van der Waals surface area (Å²) >= 11 is 0. The number of hydrogen-bond donors (Lipinski definition) is 2. The van der Waals surface area contributed by atoms with Crippen molar-refractivity contribution < 1.29 is 14.7 Å². The van der Waals surface area contributed by atoms with Gasteiger partial charge in [0, 0.05) is 12.2 Å². The molecule has 17 heavy (non-hydrogen) atoms. The molecule has 0 heterocycles. The Hall–Kier alpha value is -2.04. The first-order chi connectivity index (χ1) is 8.13. The number of rotatable bonds is 6. The van der Waals surface area contributed by atoms with Crippen molar-refractivity contribution in [1.29, 1.82) is 0 Å². The van der Waals surface area contributed by atoms with E-state index in [0.717, 1.165) is 5.69 Å². The molecule has 0 spiro atoms. The predicted molar refractivity (Wildman–Crippen MR) is 65.0 cm³/mol. The number of carboxylic acids is 1. The van der Waals surface area contributed by atoms with Crippen molar-refractivity contribution in [2.45, 2.75) is 6.92 Å². The Bertz CT molecular complexity index is 379. The highest BCUT2D eigenvalue weighted by molar-refractivity contribution is 5.83. The SMILES string of the molecule is CCNC(=O)CN(CC(=O)O)c1ccccc1. The molecule has 0 saturated carbocycles. The zero-order chi connectivity index (χ0) is 12.7. The highest BCUT2D eigenvalue weighted by atomic mass is 16.4. The molecule has 5 nitrogen and oxygen atoms in total. The number of nitrogens with one attached hydrogen (secondary N) is 1. The lowest BCUT2D eigenvalue weighted by Crippen LogP contribution is -2.39. The van der Waals surface area contributed by atoms with Gasteiger partial charge in [0.1, 0.15) is 6.54 Å². The molecule has 0 aliphatic carbocycles. The average Bonchev–Trinajstić information content (AvgIpc) is 2.29. The third-order valence-corrected chi connectivity index (χ3v) is 2.16. The molecule has 1 rings (SSSR count). The summed E-state index contributed by atoms with van der Waals surface area (Å²) in [4.78, 5) is 23.7. The van der Waals surface area contributed by atoms with Gasteiger partial charge < -0.3 is 15.3 Å². The zero-order valence-corrected chi connectivity index (χ0v) is 9.72. The number of carbonyl (C=O) groups excluding carboxylic acids is 1. The summed E-state index contributed by atoms with van der Waals surface area (Å²) in [5.74, 6) is -1.14. The zero-order valence-electron chi connectivity index (χ0n) is 9.72. The standard InChI is InChI=1S/C12H16N2O3/c1-2-13-11(15)8-14(9-12(16)17)10-6-4-3-5-7-10/h3-7H,2,8-9H2,1H3,(H,13,15)(H,16,17). The minimum atomic E-state index is -0.960. The summed E-state index contributed by atoms with van der Waals surface area (Å²) in [5.41, 5.74) is 0.723. The smallest absolute Gasteiger partial charge is 0.323 e. The summed E-state index contributed by atoms with van der Waals surface area (Å²) in [5, 5.41) is 11.5. The number of carboxylic acid groups (broad SMARTS) is 1. The van der Waals surface area contributed by atoms with Gasteiger partial charge in [-0.2, -0.15) is 0 Å². The van der Waals surface area contributed by atoms with Crippen molar-refractivity contribution in [3.63, 3.8) is 0 Å². The highest BCUT2D eigenvalue weighted by Crippen LogP contribution is 2.12. The molecular weight excluding hydrogens is 220 g/mol. The molecular formula is C12H16N2O3. The molecule has 0 aromatic heterocycles. The molecule has 1 amide bonds. The maximum absolute atomic E-state index is 11.5. The monoisotopic (exact) mass is 236 g/mol. The third-order valence-electron chi connectivity index (χ3n) is 2.16. The molecule has 0 radical (unpaired) electrons. The van der Waals surface area contributed by atoms with Crippen molar-refractivity contribution in [2.24, 2.45) is 0 Å².